The lowest BCUT2D eigenvalue weighted by Crippen LogP contribution is -2.52. The van der Waals surface area contributed by atoms with E-state index in [1.54, 1.807) is 0 Å². The topological polar surface area (TPSA) is 44.3 Å². The summed E-state index contributed by atoms with van der Waals surface area (Å²) in [5.41, 5.74) is 0. The fourth-order valence-corrected chi connectivity index (χ4v) is 2.35. The van der Waals surface area contributed by atoms with Crippen LogP contribution in [0.3, 0.4) is 0 Å². The Hall–Kier alpha value is -1.20. The van der Waals surface area contributed by atoms with Gasteiger partial charge in [0.2, 0.25) is 5.95 Å². The molecule has 1 aliphatic rings. The van der Waals surface area contributed by atoms with Crippen LogP contribution in [-0.2, 0) is 0 Å². The summed E-state index contributed by atoms with van der Waals surface area (Å²) in [6, 6.07) is 3.00. The van der Waals surface area contributed by atoms with Gasteiger partial charge in [-0.2, -0.15) is 0 Å². The second-order valence-corrected chi connectivity index (χ2v) is 5.48. The summed E-state index contributed by atoms with van der Waals surface area (Å²) in [5, 5.41) is 3.51. The molecule has 1 fully saturated rings. The predicted molar refractivity (Wildman–Crippen MR) is 78.4 cm³/mol. The Morgan fingerprint density at radius 3 is 2.32 bits per heavy atom. The van der Waals surface area contributed by atoms with E-state index in [1.807, 2.05) is 18.5 Å². The molecule has 0 aliphatic carbocycles. The minimum absolute atomic E-state index is 0.557. The fraction of sp³-hybridized carbons (Fsp3) is 0.714. The van der Waals surface area contributed by atoms with Gasteiger partial charge in [-0.15, -0.1) is 0 Å². The van der Waals surface area contributed by atoms with Crippen molar-refractivity contribution in [2.45, 2.75) is 32.9 Å². The third-order valence-corrected chi connectivity index (χ3v) is 3.59. The first-order chi connectivity index (χ1) is 9.16. The summed E-state index contributed by atoms with van der Waals surface area (Å²) in [4.78, 5) is 13.4. The molecule has 2 heterocycles. The van der Waals surface area contributed by atoms with Crippen molar-refractivity contribution in [3.63, 3.8) is 0 Å². The molecule has 0 bridgehead atoms. The Labute approximate surface area is 116 Å². The molecule has 1 atom stereocenters. The Bertz CT molecular complexity index is 359. The molecule has 106 valence electrons. The fourth-order valence-electron chi connectivity index (χ4n) is 2.35. The van der Waals surface area contributed by atoms with E-state index in [0.29, 0.717) is 12.1 Å². The van der Waals surface area contributed by atoms with Crippen molar-refractivity contribution in [3.8, 4) is 0 Å². The van der Waals surface area contributed by atoms with Crippen LogP contribution in [0.15, 0.2) is 18.5 Å². The molecular formula is C14H25N5. The standard InChI is InChI=1S/C14H25N5/c1-12(2)17-11-13(3)18-7-9-19(10-8-18)14-15-5-4-6-16-14/h4-6,12-13,17H,7-11H2,1-3H3. The lowest BCUT2D eigenvalue weighted by atomic mass is 10.2. The molecule has 1 saturated heterocycles. The monoisotopic (exact) mass is 263 g/mol. The summed E-state index contributed by atoms with van der Waals surface area (Å²) in [6.45, 7) is 11.9. The number of hydrogen-bond donors (Lipinski definition) is 1. The molecule has 0 saturated carbocycles. The van der Waals surface area contributed by atoms with Crippen molar-refractivity contribution < 1.29 is 0 Å². The van der Waals surface area contributed by atoms with E-state index in [1.165, 1.54) is 0 Å². The molecule has 0 aromatic carbocycles. The summed E-state index contributed by atoms with van der Waals surface area (Å²) in [5.74, 6) is 0.857. The van der Waals surface area contributed by atoms with Crippen LogP contribution in [0, 0.1) is 0 Å². The Morgan fingerprint density at radius 2 is 1.74 bits per heavy atom. The molecule has 2 rings (SSSR count). The van der Waals surface area contributed by atoms with Gasteiger partial charge in [0, 0.05) is 57.2 Å². The molecule has 0 spiro atoms. The molecule has 0 radical (unpaired) electrons. The zero-order chi connectivity index (χ0) is 13.7. The van der Waals surface area contributed by atoms with Crippen LogP contribution in [0.5, 0.6) is 0 Å². The summed E-state index contributed by atoms with van der Waals surface area (Å²) < 4.78 is 0. The highest BCUT2D eigenvalue weighted by Gasteiger charge is 2.22. The highest BCUT2D eigenvalue weighted by molar-refractivity contribution is 5.29. The number of rotatable bonds is 5. The van der Waals surface area contributed by atoms with Crippen LogP contribution in [0.2, 0.25) is 0 Å². The first kappa shape index (κ1) is 14.2. The maximum Gasteiger partial charge on any atom is 0.225 e. The average molecular weight is 263 g/mol. The third kappa shape index (κ3) is 4.14. The van der Waals surface area contributed by atoms with Gasteiger partial charge in [-0.1, -0.05) is 13.8 Å². The number of aromatic nitrogens is 2. The highest BCUT2D eigenvalue weighted by Crippen LogP contribution is 2.11. The van der Waals surface area contributed by atoms with Crippen molar-refractivity contribution in [3.05, 3.63) is 18.5 Å². The molecular weight excluding hydrogens is 238 g/mol. The van der Waals surface area contributed by atoms with Crippen molar-refractivity contribution in [1.82, 2.24) is 20.2 Å². The Morgan fingerprint density at radius 1 is 1.11 bits per heavy atom. The Balaban J connectivity index is 1.79. The van der Waals surface area contributed by atoms with Gasteiger partial charge in [-0.3, -0.25) is 4.90 Å². The molecule has 1 unspecified atom stereocenters. The normalized spacial score (nSPS) is 18.8. The highest BCUT2D eigenvalue weighted by atomic mass is 15.3. The van der Waals surface area contributed by atoms with Gasteiger partial charge >= 0.3 is 0 Å². The molecule has 1 aromatic rings. The minimum Gasteiger partial charge on any atom is -0.338 e. The van der Waals surface area contributed by atoms with Gasteiger partial charge < -0.3 is 10.2 Å². The van der Waals surface area contributed by atoms with Gasteiger partial charge in [0.05, 0.1) is 0 Å². The molecule has 19 heavy (non-hydrogen) atoms. The number of hydrogen-bond acceptors (Lipinski definition) is 5. The van der Waals surface area contributed by atoms with E-state index < -0.39 is 0 Å². The van der Waals surface area contributed by atoms with E-state index in [0.717, 1.165) is 38.7 Å². The summed E-state index contributed by atoms with van der Waals surface area (Å²) in [7, 11) is 0. The minimum atomic E-state index is 0.557. The average Bonchev–Trinajstić information content (AvgIpc) is 2.46. The lowest BCUT2D eigenvalue weighted by Gasteiger charge is -2.38. The quantitative estimate of drug-likeness (QED) is 0.858. The second-order valence-electron chi connectivity index (χ2n) is 5.48. The van der Waals surface area contributed by atoms with Crippen molar-refractivity contribution in [2.24, 2.45) is 0 Å². The van der Waals surface area contributed by atoms with Crippen molar-refractivity contribution in [1.29, 1.82) is 0 Å². The lowest BCUT2D eigenvalue weighted by molar-refractivity contribution is 0.190. The predicted octanol–water partition coefficient (Wildman–Crippen LogP) is 0.985. The largest absolute Gasteiger partial charge is 0.338 e. The van der Waals surface area contributed by atoms with Crippen LogP contribution >= 0.6 is 0 Å². The summed E-state index contributed by atoms with van der Waals surface area (Å²) >= 11 is 0. The third-order valence-electron chi connectivity index (χ3n) is 3.59. The number of anilines is 1. The Kier molecular flexibility index (Phi) is 5.10. The molecule has 0 amide bonds. The maximum absolute atomic E-state index is 4.32. The van der Waals surface area contributed by atoms with Gasteiger partial charge in [0.1, 0.15) is 0 Å². The van der Waals surface area contributed by atoms with Crippen molar-refractivity contribution >= 4 is 5.95 Å². The van der Waals surface area contributed by atoms with Crippen LogP contribution in [0.1, 0.15) is 20.8 Å². The van der Waals surface area contributed by atoms with Gasteiger partial charge in [-0.05, 0) is 13.0 Å². The maximum atomic E-state index is 4.32. The van der Waals surface area contributed by atoms with Gasteiger partial charge in [-0.25, -0.2) is 9.97 Å². The van der Waals surface area contributed by atoms with Crippen LogP contribution < -0.4 is 10.2 Å². The van der Waals surface area contributed by atoms with E-state index in [-0.39, 0.29) is 0 Å². The molecule has 1 N–H and O–H groups in total. The number of nitrogens with zero attached hydrogens (tertiary/aromatic N) is 4. The first-order valence-corrected chi connectivity index (χ1v) is 7.16. The van der Waals surface area contributed by atoms with E-state index in [4.69, 9.17) is 0 Å². The zero-order valence-corrected chi connectivity index (χ0v) is 12.2. The van der Waals surface area contributed by atoms with Crippen LogP contribution in [-0.4, -0.2) is 59.7 Å². The van der Waals surface area contributed by atoms with E-state index >= 15 is 0 Å². The smallest absolute Gasteiger partial charge is 0.225 e. The van der Waals surface area contributed by atoms with E-state index in [2.05, 4.69) is 45.9 Å². The van der Waals surface area contributed by atoms with Crippen LogP contribution in [0.25, 0.3) is 0 Å². The number of piperazine rings is 1. The molecule has 1 aliphatic heterocycles. The SMILES string of the molecule is CC(C)NCC(C)N1CCN(c2ncccn2)CC1. The van der Waals surface area contributed by atoms with Crippen LogP contribution in [0.4, 0.5) is 5.95 Å². The van der Waals surface area contributed by atoms with E-state index in [9.17, 15) is 0 Å². The molecule has 1 aromatic heterocycles. The van der Waals surface area contributed by atoms with Gasteiger partial charge in [0.25, 0.3) is 0 Å². The zero-order valence-electron chi connectivity index (χ0n) is 12.2. The van der Waals surface area contributed by atoms with Gasteiger partial charge in [0.15, 0.2) is 0 Å². The molecule has 5 heteroatoms. The second kappa shape index (κ2) is 6.82. The summed E-state index contributed by atoms with van der Waals surface area (Å²) in [6.07, 6.45) is 3.62. The first-order valence-electron chi connectivity index (χ1n) is 7.16. The molecule has 5 nitrogen and oxygen atoms in total. The van der Waals surface area contributed by atoms with Crippen molar-refractivity contribution in [2.75, 3.05) is 37.6 Å². The number of nitrogens with one attached hydrogen (secondary N) is 1.